The van der Waals surface area contributed by atoms with Crippen LogP contribution in [0.3, 0.4) is 0 Å². The van der Waals surface area contributed by atoms with Gasteiger partial charge < -0.3 is 10.6 Å². The molecule has 2 N–H and O–H groups in total. The van der Waals surface area contributed by atoms with Crippen LogP contribution in [0.2, 0.25) is 0 Å². The summed E-state index contributed by atoms with van der Waals surface area (Å²) in [5.74, 6) is -0.510. The van der Waals surface area contributed by atoms with E-state index < -0.39 is 0 Å². The van der Waals surface area contributed by atoms with Crippen LogP contribution in [0.1, 0.15) is 34.6 Å². The molecule has 1 heterocycles. The van der Waals surface area contributed by atoms with Gasteiger partial charge in [0.15, 0.2) is 0 Å². The lowest BCUT2D eigenvalue weighted by Crippen LogP contribution is -2.38. The van der Waals surface area contributed by atoms with Crippen molar-refractivity contribution in [3.8, 4) is 0 Å². The topological polar surface area (TPSA) is 66.6 Å². The van der Waals surface area contributed by atoms with Gasteiger partial charge in [-0.25, -0.2) is 0 Å². The summed E-state index contributed by atoms with van der Waals surface area (Å²) in [5, 5.41) is 0. The molecule has 0 aromatic heterocycles. The van der Waals surface area contributed by atoms with E-state index in [1.54, 1.807) is 18.2 Å². The predicted molar refractivity (Wildman–Crippen MR) is 81.3 cm³/mol. The molecule has 0 saturated carbocycles. The summed E-state index contributed by atoms with van der Waals surface area (Å²) < 4.78 is 0. The summed E-state index contributed by atoms with van der Waals surface area (Å²) >= 11 is 0. The van der Waals surface area contributed by atoms with Crippen molar-refractivity contribution < 1.29 is 9.59 Å². The average molecular weight is 298 g/mol. The Hall–Kier alpha value is -1.59. The largest absolute Gasteiger partial charge is 0.398 e. The molecule has 0 bridgehead atoms. The Morgan fingerprint density at radius 3 is 2.35 bits per heavy atom. The summed E-state index contributed by atoms with van der Waals surface area (Å²) in [7, 11) is 0. The van der Waals surface area contributed by atoms with E-state index in [1.165, 1.54) is 4.90 Å². The first-order chi connectivity index (χ1) is 9.10. The molecule has 0 aliphatic carbocycles. The molecule has 1 aliphatic rings. The van der Waals surface area contributed by atoms with Crippen LogP contribution in [0, 0.1) is 0 Å². The van der Waals surface area contributed by atoms with E-state index in [2.05, 4.69) is 18.7 Å². The second-order valence-corrected chi connectivity index (χ2v) is 4.56. The molecule has 0 spiro atoms. The van der Waals surface area contributed by atoms with Gasteiger partial charge in [0.05, 0.1) is 11.1 Å². The van der Waals surface area contributed by atoms with Crippen molar-refractivity contribution in [1.29, 1.82) is 0 Å². The van der Waals surface area contributed by atoms with E-state index in [0.29, 0.717) is 29.9 Å². The quantitative estimate of drug-likeness (QED) is 0.662. The second-order valence-electron chi connectivity index (χ2n) is 4.56. The van der Waals surface area contributed by atoms with Gasteiger partial charge in [-0.15, -0.1) is 12.4 Å². The lowest BCUT2D eigenvalue weighted by molar-refractivity contribution is 0.0638. The second kappa shape index (κ2) is 6.72. The van der Waals surface area contributed by atoms with E-state index in [4.69, 9.17) is 5.73 Å². The van der Waals surface area contributed by atoms with Crippen molar-refractivity contribution >= 4 is 29.9 Å². The monoisotopic (exact) mass is 297 g/mol. The Kier molecular flexibility index (Phi) is 5.53. The van der Waals surface area contributed by atoms with E-state index in [1.807, 2.05) is 0 Å². The fraction of sp³-hybridized carbons (Fsp3) is 0.429. The van der Waals surface area contributed by atoms with Crippen LogP contribution in [0.25, 0.3) is 0 Å². The van der Waals surface area contributed by atoms with Crippen molar-refractivity contribution in [2.75, 3.05) is 31.9 Å². The highest BCUT2D eigenvalue weighted by Crippen LogP contribution is 2.27. The minimum atomic E-state index is -0.273. The van der Waals surface area contributed by atoms with Gasteiger partial charge in [0.25, 0.3) is 11.8 Å². The molecule has 5 nitrogen and oxygen atoms in total. The lowest BCUT2D eigenvalue weighted by Gasteiger charge is -2.21. The van der Waals surface area contributed by atoms with Crippen LogP contribution in [0.15, 0.2) is 18.2 Å². The Morgan fingerprint density at radius 1 is 1.15 bits per heavy atom. The molecule has 0 atom stereocenters. The number of likely N-dealkylation sites (N-methyl/N-ethyl adjacent to an activating group) is 1. The molecule has 1 aromatic carbocycles. The van der Waals surface area contributed by atoms with Crippen LogP contribution in [-0.4, -0.2) is 47.8 Å². The number of anilines is 1. The molecule has 2 rings (SSSR count). The van der Waals surface area contributed by atoms with Crippen molar-refractivity contribution in [3.63, 3.8) is 0 Å². The Labute approximate surface area is 125 Å². The van der Waals surface area contributed by atoms with Gasteiger partial charge in [-0.1, -0.05) is 19.9 Å². The number of carbonyl (C=O) groups excluding carboxylic acids is 2. The maximum atomic E-state index is 12.2. The molecule has 20 heavy (non-hydrogen) atoms. The van der Waals surface area contributed by atoms with Gasteiger partial charge >= 0.3 is 0 Å². The number of benzene rings is 1. The number of carbonyl (C=O) groups is 2. The van der Waals surface area contributed by atoms with E-state index in [0.717, 1.165) is 13.1 Å². The van der Waals surface area contributed by atoms with Crippen LogP contribution >= 0.6 is 12.4 Å². The fourth-order valence-corrected chi connectivity index (χ4v) is 2.34. The highest BCUT2D eigenvalue weighted by molar-refractivity contribution is 6.23. The first-order valence-corrected chi connectivity index (χ1v) is 6.57. The minimum Gasteiger partial charge on any atom is -0.398 e. The summed E-state index contributed by atoms with van der Waals surface area (Å²) in [4.78, 5) is 27.9. The molecule has 0 radical (unpaired) electrons. The van der Waals surface area contributed by atoms with Gasteiger partial charge in [-0.3, -0.25) is 14.5 Å². The Morgan fingerprint density at radius 2 is 1.80 bits per heavy atom. The number of rotatable bonds is 5. The minimum absolute atomic E-state index is 0. The molecule has 1 aliphatic heterocycles. The number of amides is 2. The molecule has 6 heteroatoms. The molecular formula is C14H20ClN3O2. The molecule has 2 amide bonds. The zero-order valence-corrected chi connectivity index (χ0v) is 12.6. The molecule has 0 saturated heterocycles. The fourth-order valence-electron chi connectivity index (χ4n) is 2.34. The summed E-state index contributed by atoms with van der Waals surface area (Å²) in [6.45, 7) is 7.03. The number of nitrogens with two attached hydrogens (primary N) is 1. The molecule has 0 fully saturated rings. The van der Waals surface area contributed by atoms with E-state index in [-0.39, 0.29) is 24.2 Å². The number of hydrogen-bond donors (Lipinski definition) is 1. The maximum Gasteiger partial charge on any atom is 0.263 e. The van der Waals surface area contributed by atoms with Gasteiger partial charge in [0.2, 0.25) is 0 Å². The smallest absolute Gasteiger partial charge is 0.263 e. The maximum absolute atomic E-state index is 12.2. The Bertz CT molecular complexity index is 515. The zero-order chi connectivity index (χ0) is 14.0. The summed E-state index contributed by atoms with van der Waals surface area (Å²) in [6, 6.07) is 5.01. The van der Waals surface area contributed by atoms with Crippen molar-refractivity contribution in [3.05, 3.63) is 29.3 Å². The predicted octanol–water partition coefficient (Wildman–Crippen LogP) is 1.63. The van der Waals surface area contributed by atoms with Crippen LogP contribution < -0.4 is 5.73 Å². The number of nitrogen functional groups attached to an aromatic ring is 1. The number of halogens is 1. The number of imide groups is 1. The first kappa shape index (κ1) is 16.5. The normalized spacial score (nSPS) is 13.7. The van der Waals surface area contributed by atoms with Crippen LogP contribution in [0.4, 0.5) is 5.69 Å². The van der Waals surface area contributed by atoms with Crippen molar-refractivity contribution in [2.45, 2.75) is 13.8 Å². The highest BCUT2D eigenvalue weighted by Gasteiger charge is 2.36. The van der Waals surface area contributed by atoms with Crippen molar-refractivity contribution in [2.24, 2.45) is 0 Å². The zero-order valence-electron chi connectivity index (χ0n) is 11.8. The summed E-state index contributed by atoms with van der Waals surface area (Å²) in [5.41, 5.74) is 6.94. The highest BCUT2D eigenvalue weighted by atomic mass is 35.5. The van der Waals surface area contributed by atoms with Gasteiger partial charge in [-0.2, -0.15) is 0 Å². The van der Waals surface area contributed by atoms with Crippen molar-refractivity contribution in [1.82, 2.24) is 9.80 Å². The number of fused-ring (bicyclic) bond motifs is 1. The first-order valence-electron chi connectivity index (χ1n) is 6.57. The van der Waals surface area contributed by atoms with E-state index in [9.17, 15) is 9.59 Å². The average Bonchev–Trinajstić information content (AvgIpc) is 2.65. The van der Waals surface area contributed by atoms with Crippen LogP contribution in [0.5, 0.6) is 0 Å². The van der Waals surface area contributed by atoms with Gasteiger partial charge in [0, 0.05) is 18.8 Å². The number of nitrogens with zero attached hydrogens (tertiary/aromatic N) is 2. The number of hydrogen-bond acceptors (Lipinski definition) is 4. The lowest BCUT2D eigenvalue weighted by atomic mass is 10.1. The third-order valence-electron chi connectivity index (χ3n) is 3.57. The molecule has 110 valence electrons. The Balaban J connectivity index is 0.00000200. The standard InChI is InChI=1S/C14H19N3O2.ClH/c1-3-16(4-2)8-9-17-13(18)10-6-5-7-11(15)12(10)14(17)19;/h5-7H,3-4,8-9,15H2,1-2H3;1H. The van der Waals surface area contributed by atoms with Crippen LogP contribution in [-0.2, 0) is 0 Å². The SMILES string of the molecule is CCN(CC)CCN1C(=O)c2cccc(N)c2C1=O.Cl. The molecule has 1 aromatic rings. The third-order valence-corrected chi connectivity index (χ3v) is 3.57. The van der Waals surface area contributed by atoms with Gasteiger partial charge in [0.1, 0.15) is 0 Å². The molecule has 0 unspecified atom stereocenters. The van der Waals surface area contributed by atoms with E-state index >= 15 is 0 Å². The summed E-state index contributed by atoms with van der Waals surface area (Å²) in [6.07, 6.45) is 0. The third kappa shape index (κ3) is 2.78. The van der Waals surface area contributed by atoms with Gasteiger partial charge in [-0.05, 0) is 25.2 Å². The molecular weight excluding hydrogens is 278 g/mol.